The molecule has 0 aliphatic rings. The van der Waals surface area contributed by atoms with Gasteiger partial charge in [0.1, 0.15) is 0 Å². The van der Waals surface area contributed by atoms with Gasteiger partial charge >= 0.3 is 0 Å². The van der Waals surface area contributed by atoms with E-state index in [-0.39, 0.29) is 11.2 Å². The molecular weight excluding hydrogens is 242 g/mol. The second-order valence-electron chi connectivity index (χ2n) is 4.16. The molecule has 0 aliphatic carbocycles. The van der Waals surface area contributed by atoms with Gasteiger partial charge in [0.2, 0.25) is 0 Å². The number of rotatable bonds is 3. The quantitative estimate of drug-likeness (QED) is 0.919. The van der Waals surface area contributed by atoms with Gasteiger partial charge in [-0.25, -0.2) is 0 Å². The maximum absolute atomic E-state index is 11.1. The van der Waals surface area contributed by atoms with Gasteiger partial charge in [-0.2, -0.15) is 0 Å². The highest BCUT2D eigenvalue weighted by Crippen LogP contribution is 2.26. The summed E-state index contributed by atoms with van der Waals surface area (Å²) in [5.41, 5.74) is 1.68. The van der Waals surface area contributed by atoms with Crippen molar-refractivity contribution in [2.75, 3.05) is 7.11 Å². The van der Waals surface area contributed by atoms with Crippen LogP contribution in [0.25, 0.3) is 12.3 Å². The number of ether oxygens (including phenoxy) is 1. The number of aromatic nitrogens is 1. The lowest BCUT2D eigenvalue weighted by Crippen LogP contribution is -2.03. The SMILES string of the molecule is COc1ccc(/C=C/n2ccc(=O)cc2C)cc1O. The predicted molar refractivity (Wildman–Crippen MR) is 75.3 cm³/mol. The van der Waals surface area contributed by atoms with Crippen molar-refractivity contribution >= 4 is 12.3 Å². The van der Waals surface area contributed by atoms with Crippen LogP contribution in [0.3, 0.4) is 0 Å². The molecule has 4 heteroatoms. The molecule has 0 atom stereocenters. The molecule has 98 valence electrons. The zero-order valence-electron chi connectivity index (χ0n) is 10.8. The molecule has 0 radical (unpaired) electrons. The Balaban J connectivity index is 2.27. The molecule has 0 saturated heterocycles. The van der Waals surface area contributed by atoms with Gasteiger partial charge in [-0.3, -0.25) is 4.79 Å². The summed E-state index contributed by atoms with van der Waals surface area (Å²) in [6.07, 6.45) is 5.38. The molecule has 1 N–H and O–H groups in total. The summed E-state index contributed by atoms with van der Waals surface area (Å²) in [5.74, 6) is 0.540. The van der Waals surface area contributed by atoms with Gasteiger partial charge in [0.15, 0.2) is 16.9 Å². The number of phenols is 1. The second kappa shape index (κ2) is 5.44. The first-order valence-electron chi connectivity index (χ1n) is 5.84. The van der Waals surface area contributed by atoms with E-state index in [1.54, 1.807) is 24.4 Å². The van der Waals surface area contributed by atoms with E-state index < -0.39 is 0 Å². The number of hydrogen-bond donors (Lipinski definition) is 1. The summed E-state index contributed by atoms with van der Waals surface area (Å²) in [7, 11) is 1.51. The normalized spacial score (nSPS) is 10.8. The minimum atomic E-state index is -0.00996. The Bertz CT molecular complexity index is 671. The first-order chi connectivity index (χ1) is 9.10. The molecule has 0 amide bonds. The Labute approximate surface area is 111 Å². The van der Waals surface area contributed by atoms with Gasteiger partial charge in [0.05, 0.1) is 7.11 Å². The number of aromatic hydroxyl groups is 1. The van der Waals surface area contributed by atoms with E-state index in [1.165, 1.54) is 13.2 Å². The molecule has 0 unspecified atom stereocenters. The zero-order valence-corrected chi connectivity index (χ0v) is 10.8. The third-order valence-corrected chi connectivity index (χ3v) is 2.79. The molecule has 0 saturated carbocycles. The predicted octanol–water partition coefficient (Wildman–Crippen LogP) is 2.50. The fourth-order valence-corrected chi connectivity index (χ4v) is 1.74. The largest absolute Gasteiger partial charge is 0.504 e. The van der Waals surface area contributed by atoms with Crippen molar-refractivity contribution in [3.05, 3.63) is 58.0 Å². The fraction of sp³-hybridized carbons (Fsp3) is 0.133. The number of aryl methyl sites for hydroxylation is 1. The van der Waals surface area contributed by atoms with Crippen LogP contribution >= 0.6 is 0 Å². The van der Waals surface area contributed by atoms with Crippen LogP contribution in [0.1, 0.15) is 11.3 Å². The molecule has 1 aromatic carbocycles. The number of phenolic OH excluding ortho intramolecular Hbond substituents is 1. The Hall–Kier alpha value is -2.49. The lowest BCUT2D eigenvalue weighted by atomic mass is 10.2. The summed E-state index contributed by atoms with van der Waals surface area (Å²) in [6.45, 7) is 1.86. The first kappa shape index (κ1) is 13.0. The highest BCUT2D eigenvalue weighted by molar-refractivity contribution is 5.63. The van der Waals surface area contributed by atoms with E-state index in [1.807, 2.05) is 29.8 Å². The van der Waals surface area contributed by atoms with Crippen LogP contribution in [0.2, 0.25) is 0 Å². The van der Waals surface area contributed by atoms with E-state index >= 15 is 0 Å². The lowest BCUT2D eigenvalue weighted by Gasteiger charge is -2.05. The molecule has 1 heterocycles. The Morgan fingerprint density at radius 3 is 2.68 bits per heavy atom. The molecule has 0 aliphatic heterocycles. The number of pyridine rings is 1. The second-order valence-corrected chi connectivity index (χ2v) is 4.16. The monoisotopic (exact) mass is 257 g/mol. The van der Waals surface area contributed by atoms with Gasteiger partial charge in [0, 0.05) is 30.2 Å². The van der Waals surface area contributed by atoms with Crippen molar-refractivity contribution in [1.29, 1.82) is 0 Å². The van der Waals surface area contributed by atoms with Gasteiger partial charge < -0.3 is 14.4 Å². The molecule has 2 rings (SSSR count). The minimum absolute atomic E-state index is 0.00996. The summed E-state index contributed by atoms with van der Waals surface area (Å²) in [6, 6.07) is 8.23. The van der Waals surface area contributed by atoms with E-state index in [2.05, 4.69) is 0 Å². The van der Waals surface area contributed by atoms with E-state index in [0.29, 0.717) is 5.75 Å². The summed E-state index contributed by atoms with van der Waals surface area (Å²) >= 11 is 0. The fourth-order valence-electron chi connectivity index (χ4n) is 1.74. The average Bonchev–Trinajstić information content (AvgIpc) is 2.38. The molecule has 19 heavy (non-hydrogen) atoms. The summed E-state index contributed by atoms with van der Waals surface area (Å²) < 4.78 is 6.82. The standard InChI is InChI=1S/C15H15NO3/c1-11-9-13(17)6-8-16(11)7-5-12-3-4-15(19-2)14(18)10-12/h3-10,18H,1-2H3/b7-5+. The Morgan fingerprint density at radius 2 is 2.05 bits per heavy atom. The van der Waals surface area contributed by atoms with Crippen LogP contribution in [0.15, 0.2) is 41.3 Å². The minimum Gasteiger partial charge on any atom is -0.504 e. The molecular formula is C15H15NO3. The van der Waals surface area contributed by atoms with Crippen LogP contribution in [0, 0.1) is 6.92 Å². The van der Waals surface area contributed by atoms with E-state index in [0.717, 1.165) is 11.3 Å². The third-order valence-electron chi connectivity index (χ3n) is 2.79. The molecule has 4 nitrogen and oxygen atoms in total. The summed E-state index contributed by atoms with van der Waals surface area (Å²) in [4.78, 5) is 11.1. The van der Waals surface area contributed by atoms with Crippen LogP contribution in [-0.2, 0) is 0 Å². The third kappa shape index (κ3) is 3.04. The lowest BCUT2D eigenvalue weighted by molar-refractivity contribution is 0.373. The van der Waals surface area contributed by atoms with Crippen molar-refractivity contribution in [1.82, 2.24) is 4.57 Å². The van der Waals surface area contributed by atoms with Gasteiger partial charge in [-0.05, 0) is 30.7 Å². The number of nitrogens with zero attached hydrogens (tertiary/aromatic N) is 1. The van der Waals surface area contributed by atoms with E-state index in [4.69, 9.17) is 4.74 Å². The Morgan fingerprint density at radius 1 is 1.26 bits per heavy atom. The van der Waals surface area contributed by atoms with Crippen LogP contribution in [0.5, 0.6) is 11.5 Å². The van der Waals surface area contributed by atoms with Crippen LogP contribution in [-0.4, -0.2) is 16.8 Å². The smallest absolute Gasteiger partial charge is 0.181 e. The number of benzene rings is 1. The van der Waals surface area contributed by atoms with Crippen LogP contribution in [0.4, 0.5) is 0 Å². The highest BCUT2D eigenvalue weighted by atomic mass is 16.5. The summed E-state index contributed by atoms with van der Waals surface area (Å²) in [5, 5.41) is 9.67. The highest BCUT2D eigenvalue weighted by Gasteiger charge is 2.00. The number of hydrogen-bond acceptors (Lipinski definition) is 3. The molecule has 0 spiro atoms. The van der Waals surface area contributed by atoms with Crippen molar-refractivity contribution in [2.45, 2.75) is 6.92 Å². The first-order valence-corrected chi connectivity index (χ1v) is 5.84. The molecule has 1 aromatic heterocycles. The zero-order chi connectivity index (χ0) is 13.8. The van der Waals surface area contributed by atoms with Crippen molar-refractivity contribution in [3.63, 3.8) is 0 Å². The Kier molecular flexibility index (Phi) is 3.71. The van der Waals surface area contributed by atoms with Gasteiger partial charge in [-0.1, -0.05) is 6.07 Å². The average molecular weight is 257 g/mol. The van der Waals surface area contributed by atoms with Crippen molar-refractivity contribution < 1.29 is 9.84 Å². The molecule has 0 bridgehead atoms. The number of methoxy groups -OCH3 is 1. The van der Waals surface area contributed by atoms with Crippen molar-refractivity contribution in [2.24, 2.45) is 0 Å². The van der Waals surface area contributed by atoms with Crippen molar-refractivity contribution in [3.8, 4) is 11.5 Å². The molecule has 0 fully saturated rings. The maximum atomic E-state index is 11.1. The molecule has 2 aromatic rings. The van der Waals surface area contributed by atoms with Gasteiger partial charge in [-0.15, -0.1) is 0 Å². The van der Waals surface area contributed by atoms with E-state index in [9.17, 15) is 9.90 Å². The maximum Gasteiger partial charge on any atom is 0.181 e. The van der Waals surface area contributed by atoms with Crippen LogP contribution < -0.4 is 10.2 Å². The topological polar surface area (TPSA) is 51.5 Å². The van der Waals surface area contributed by atoms with Gasteiger partial charge in [0.25, 0.3) is 0 Å².